The summed E-state index contributed by atoms with van der Waals surface area (Å²) in [6.07, 6.45) is 0.188. The van der Waals surface area contributed by atoms with Crippen molar-refractivity contribution in [3.05, 3.63) is 24.3 Å². The van der Waals surface area contributed by atoms with Crippen molar-refractivity contribution in [2.75, 3.05) is 0 Å². The van der Waals surface area contributed by atoms with Crippen molar-refractivity contribution >= 4 is 23.6 Å². The van der Waals surface area contributed by atoms with Crippen LogP contribution < -0.4 is 5.32 Å². The van der Waals surface area contributed by atoms with Crippen LogP contribution in [0.15, 0.2) is 24.3 Å². The first-order chi connectivity index (χ1) is 8.29. The van der Waals surface area contributed by atoms with E-state index in [9.17, 15) is 19.2 Å². The Kier molecular flexibility index (Phi) is 2.46. The molecule has 6 heteroatoms. The number of carbonyl (C=O) groups excluding carboxylic acids is 4. The predicted octanol–water partition coefficient (Wildman–Crippen LogP) is -0.337. The van der Waals surface area contributed by atoms with Crippen LogP contribution in [0.3, 0.4) is 0 Å². The van der Waals surface area contributed by atoms with Crippen LogP contribution in [-0.2, 0) is 19.2 Å². The van der Waals surface area contributed by atoms with Crippen molar-refractivity contribution in [2.24, 2.45) is 0 Å². The van der Waals surface area contributed by atoms with Crippen LogP contribution >= 0.6 is 0 Å². The minimum Gasteiger partial charge on any atom is -0.294 e. The standard InChI is InChI=1S/C12H12N2O4/c1-6-7(2)10(17)14(9(6)16)12(3)5-4-8(15)13-11(12)18/h1-2,4-5H2,3H3,(H,13,15,18). The Balaban J connectivity index is 2.42. The molecule has 0 aromatic carbocycles. The van der Waals surface area contributed by atoms with Gasteiger partial charge in [0.05, 0.1) is 0 Å². The van der Waals surface area contributed by atoms with Crippen molar-refractivity contribution in [3.8, 4) is 0 Å². The molecule has 2 heterocycles. The lowest BCUT2D eigenvalue weighted by Gasteiger charge is -2.37. The van der Waals surface area contributed by atoms with E-state index >= 15 is 0 Å². The molecule has 2 saturated heterocycles. The molecule has 0 aromatic rings. The van der Waals surface area contributed by atoms with Crippen molar-refractivity contribution in [3.63, 3.8) is 0 Å². The SMILES string of the molecule is C=C1C(=C)C(=O)N(C2(C)CCC(=O)NC2=O)C1=O. The highest BCUT2D eigenvalue weighted by molar-refractivity contribution is 6.26. The fraction of sp³-hybridized carbons (Fsp3) is 0.333. The summed E-state index contributed by atoms with van der Waals surface area (Å²) < 4.78 is 0. The highest BCUT2D eigenvalue weighted by atomic mass is 16.2. The number of nitrogens with one attached hydrogen (secondary N) is 1. The summed E-state index contributed by atoms with van der Waals surface area (Å²) in [6, 6.07) is 0. The number of amides is 4. The minimum absolute atomic E-state index is 0.00840. The Morgan fingerprint density at radius 1 is 1.11 bits per heavy atom. The third kappa shape index (κ3) is 1.42. The van der Waals surface area contributed by atoms with Crippen LogP contribution in [0.1, 0.15) is 19.8 Å². The molecule has 2 fully saturated rings. The summed E-state index contributed by atoms with van der Waals surface area (Å²) in [4.78, 5) is 47.7. The molecule has 4 amide bonds. The minimum atomic E-state index is -1.36. The number of carbonyl (C=O) groups is 4. The third-order valence-corrected chi connectivity index (χ3v) is 3.36. The van der Waals surface area contributed by atoms with Gasteiger partial charge in [0.1, 0.15) is 5.54 Å². The van der Waals surface area contributed by atoms with E-state index in [0.717, 1.165) is 4.90 Å². The smallest absolute Gasteiger partial charge is 0.261 e. The molecule has 1 unspecified atom stereocenters. The lowest BCUT2D eigenvalue weighted by Crippen LogP contribution is -2.62. The van der Waals surface area contributed by atoms with Crippen molar-refractivity contribution in [1.29, 1.82) is 0 Å². The van der Waals surface area contributed by atoms with Gasteiger partial charge in [-0.15, -0.1) is 0 Å². The number of hydrogen-bond donors (Lipinski definition) is 1. The average molecular weight is 248 g/mol. The lowest BCUT2D eigenvalue weighted by molar-refractivity contribution is -0.156. The number of hydrogen-bond acceptors (Lipinski definition) is 4. The molecule has 94 valence electrons. The van der Waals surface area contributed by atoms with Gasteiger partial charge in [-0.2, -0.15) is 0 Å². The Labute approximate surface area is 103 Å². The normalized spacial score (nSPS) is 29.1. The maximum absolute atomic E-state index is 11.9. The van der Waals surface area contributed by atoms with Crippen LogP contribution in [-0.4, -0.2) is 34.1 Å². The molecule has 1 N–H and O–H groups in total. The Bertz CT molecular complexity index is 508. The monoisotopic (exact) mass is 248 g/mol. The van der Waals surface area contributed by atoms with Crippen LogP contribution in [0.4, 0.5) is 0 Å². The van der Waals surface area contributed by atoms with Crippen LogP contribution in [0, 0.1) is 0 Å². The summed E-state index contributed by atoms with van der Waals surface area (Å²) in [6.45, 7) is 8.40. The van der Waals surface area contributed by atoms with Crippen LogP contribution in [0.25, 0.3) is 0 Å². The van der Waals surface area contributed by atoms with E-state index in [1.807, 2.05) is 0 Å². The lowest BCUT2D eigenvalue weighted by atomic mass is 9.89. The van der Waals surface area contributed by atoms with E-state index in [0.29, 0.717) is 0 Å². The largest absolute Gasteiger partial charge is 0.294 e. The van der Waals surface area contributed by atoms with E-state index in [2.05, 4.69) is 18.5 Å². The molecule has 2 aliphatic rings. The second kappa shape index (κ2) is 3.63. The number of piperidine rings is 1. The van der Waals surface area contributed by atoms with Gasteiger partial charge in [0.2, 0.25) is 5.91 Å². The number of imide groups is 2. The Hall–Kier alpha value is -2.24. The van der Waals surface area contributed by atoms with Gasteiger partial charge in [0.25, 0.3) is 17.7 Å². The molecule has 1 atom stereocenters. The molecule has 0 bridgehead atoms. The van der Waals surface area contributed by atoms with Gasteiger partial charge in [-0.3, -0.25) is 29.4 Å². The molecule has 6 nitrogen and oxygen atoms in total. The fourth-order valence-electron chi connectivity index (χ4n) is 2.08. The van der Waals surface area contributed by atoms with Gasteiger partial charge in [0.15, 0.2) is 0 Å². The van der Waals surface area contributed by atoms with Gasteiger partial charge in [-0.25, -0.2) is 0 Å². The molecule has 0 aliphatic carbocycles. The molecule has 0 spiro atoms. The quantitative estimate of drug-likeness (QED) is 0.508. The molecule has 0 aromatic heterocycles. The van der Waals surface area contributed by atoms with Gasteiger partial charge >= 0.3 is 0 Å². The first kappa shape index (κ1) is 12.2. The first-order valence-corrected chi connectivity index (χ1v) is 5.40. The third-order valence-electron chi connectivity index (χ3n) is 3.36. The maximum atomic E-state index is 11.9. The van der Waals surface area contributed by atoms with Crippen LogP contribution in [0.2, 0.25) is 0 Å². The zero-order chi connectivity index (χ0) is 13.7. The summed E-state index contributed by atoms with van der Waals surface area (Å²) >= 11 is 0. The summed E-state index contributed by atoms with van der Waals surface area (Å²) in [5.74, 6) is -2.31. The summed E-state index contributed by atoms with van der Waals surface area (Å²) in [7, 11) is 0. The number of nitrogens with zero attached hydrogens (tertiary/aromatic N) is 1. The molecule has 18 heavy (non-hydrogen) atoms. The molecule has 0 saturated carbocycles. The molecule has 2 rings (SSSR count). The second-order valence-electron chi connectivity index (χ2n) is 4.55. The van der Waals surface area contributed by atoms with Crippen molar-refractivity contribution in [2.45, 2.75) is 25.3 Å². The number of likely N-dealkylation sites (tertiary alicyclic amines) is 1. The summed E-state index contributed by atoms with van der Waals surface area (Å²) in [5.41, 5.74) is -1.37. The van der Waals surface area contributed by atoms with E-state index in [1.54, 1.807) is 0 Å². The first-order valence-electron chi connectivity index (χ1n) is 5.40. The number of rotatable bonds is 1. The molecule has 2 aliphatic heterocycles. The van der Waals surface area contributed by atoms with E-state index in [-0.39, 0.29) is 24.0 Å². The maximum Gasteiger partial charge on any atom is 0.261 e. The van der Waals surface area contributed by atoms with Gasteiger partial charge in [-0.1, -0.05) is 13.2 Å². The molecular weight excluding hydrogens is 236 g/mol. The van der Waals surface area contributed by atoms with E-state index < -0.39 is 29.2 Å². The van der Waals surface area contributed by atoms with E-state index in [4.69, 9.17) is 0 Å². The topological polar surface area (TPSA) is 83.6 Å². The van der Waals surface area contributed by atoms with Crippen molar-refractivity contribution < 1.29 is 19.2 Å². The zero-order valence-electron chi connectivity index (χ0n) is 9.91. The fourth-order valence-corrected chi connectivity index (χ4v) is 2.08. The average Bonchev–Trinajstić information content (AvgIpc) is 2.50. The summed E-state index contributed by atoms with van der Waals surface area (Å²) in [5, 5.41) is 2.13. The highest BCUT2D eigenvalue weighted by Crippen LogP contribution is 2.33. The predicted molar refractivity (Wildman–Crippen MR) is 60.9 cm³/mol. The molecular formula is C12H12N2O4. The van der Waals surface area contributed by atoms with E-state index in [1.165, 1.54) is 6.92 Å². The highest BCUT2D eigenvalue weighted by Gasteiger charge is 2.52. The zero-order valence-corrected chi connectivity index (χ0v) is 9.91. The Morgan fingerprint density at radius 2 is 1.61 bits per heavy atom. The molecule has 0 radical (unpaired) electrons. The van der Waals surface area contributed by atoms with Gasteiger partial charge in [-0.05, 0) is 13.3 Å². The Morgan fingerprint density at radius 3 is 2.06 bits per heavy atom. The van der Waals surface area contributed by atoms with Gasteiger partial charge in [0, 0.05) is 17.6 Å². The second-order valence-corrected chi connectivity index (χ2v) is 4.55. The van der Waals surface area contributed by atoms with Crippen molar-refractivity contribution in [1.82, 2.24) is 10.2 Å². The van der Waals surface area contributed by atoms with Crippen LogP contribution in [0.5, 0.6) is 0 Å². The van der Waals surface area contributed by atoms with Gasteiger partial charge < -0.3 is 0 Å².